The van der Waals surface area contributed by atoms with E-state index in [1.165, 1.54) is 22.4 Å². The molecular weight excluding hydrogens is 338 g/mol. The molecule has 0 bridgehead atoms. The molecule has 0 fully saturated rings. The minimum Gasteiger partial charge on any atom is -0.486 e. The van der Waals surface area contributed by atoms with Crippen LogP contribution in [0.3, 0.4) is 0 Å². The summed E-state index contributed by atoms with van der Waals surface area (Å²) in [4.78, 5) is 0. The fraction of sp³-hybridized carbons (Fsp3) is 0.318. The SMILES string of the molecule is Cc1nn(Cc2ccccc2)c(C)c1CNCc1ccc2c(c1)OCCO2. The maximum absolute atomic E-state index is 5.66. The van der Waals surface area contributed by atoms with E-state index in [2.05, 4.69) is 60.2 Å². The highest BCUT2D eigenvalue weighted by Crippen LogP contribution is 2.30. The van der Waals surface area contributed by atoms with Crippen LogP contribution in [-0.4, -0.2) is 23.0 Å². The van der Waals surface area contributed by atoms with Crippen LogP contribution in [0.15, 0.2) is 48.5 Å². The highest BCUT2D eigenvalue weighted by molar-refractivity contribution is 5.43. The van der Waals surface area contributed by atoms with E-state index in [1.807, 2.05) is 12.1 Å². The Labute approximate surface area is 159 Å². The van der Waals surface area contributed by atoms with Crippen LogP contribution < -0.4 is 14.8 Å². The fourth-order valence-corrected chi connectivity index (χ4v) is 3.43. The Bertz CT molecular complexity index is 919. The summed E-state index contributed by atoms with van der Waals surface area (Å²) in [5, 5.41) is 8.26. The molecule has 2 aromatic carbocycles. The van der Waals surface area contributed by atoms with E-state index in [9.17, 15) is 0 Å². The summed E-state index contributed by atoms with van der Waals surface area (Å²) < 4.78 is 13.3. The molecule has 4 rings (SSSR count). The van der Waals surface area contributed by atoms with Crippen LogP contribution in [0.5, 0.6) is 11.5 Å². The van der Waals surface area contributed by atoms with E-state index < -0.39 is 0 Å². The predicted molar refractivity (Wildman–Crippen MR) is 105 cm³/mol. The molecule has 1 aliphatic rings. The van der Waals surface area contributed by atoms with Gasteiger partial charge in [0.05, 0.1) is 12.2 Å². The topological polar surface area (TPSA) is 48.3 Å². The van der Waals surface area contributed by atoms with Gasteiger partial charge < -0.3 is 14.8 Å². The molecule has 5 nitrogen and oxygen atoms in total. The van der Waals surface area contributed by atoms with Crippen molar-refractivity contribution in [3.8, 4) is 11.5 Å². The number of aromatic nitrogens is 2. The average Bonchev–Trinajstić information content (AvgIpc) is 2.96. The van der Waals surface area contributed by atoms with Crippen LogP contribution in [0.4, 0.5) is 0 Å². The first-order valence-electron chi connectivity index (χ1n) is 9.37. The van der Waals surface area contributed by atoms with Crippen LogP contribution in [0.25, 0.3) is 0 Å². The van der Waals surface area contributed by atoms with Crippen molar-refractivity contribution in [1.82, 2.24) is 15.1 Å². The van der Waals surface area contributed by atoms with Gasteiger partial charge in [0.15, 0.2) is 11.5 Å². The number of rotatable bonds is 6. The van der Waals surface area contributed by atoms with E-state index >= 15 is 0 Å². The van der Waals surface area contributed by atoms with Gasteiger partial charge >= 0.3 is 0 Å². The molecule has 0 saturated carbocycles. The Morgan fingerprint density at radius 2 is 1.70 bits per heavy atom. The van der Waals surface area contributed by atoms with Crippen molar-refractivity contribution < 1.29 is 9.47 Å². The summed E-state index contributed by atoms with van der Waals surface area (Å²) in [6.07, 6.45) is 0. The zero-order valence-electron chi connectivity index (χ0n) is 15.9. The van der Waals surface area contributed by atoms with E-state index in [0.717, 1.165) is 36.8 Å². The summed E-state index contributed by atoms with van der Waals surface area (Å²) in [5.41, 5.74) is 6.01. The van der Waals surface area contributed by atoms with Crippen molar-refractivity contribution >= 4 is 0 Å². The van der Waals surface area contributed by atoms with Gasteiger partial charge in [0, 0.05) is 24.3 Å². The lowest BCUT2D eigenvalue weighted by Crippen LogP contribution is -2.17. The van der Waals surface area contributed by atoms with Crippen LogP contribution in [0.1, 0.15) is 28.1 Å². The molecular formula is C22H25N3O2. The van der Waals surface area contributed by atoms with Crippen LogP contribution in [-0.2, 0) is 19.6 Å². The first-order valence-corrected chi connectivity index (χ1v) is 9.37. The molecule has 2 heterocycles. The zero-order valence-corrected chi connectivity index (χ0v) is 15.9. The third kappa shape index (κ3) is 3.98. The number of hydrogen-bond donors (Lipinski definition) is 1. The predicted octanol–water partition coefficient (Wildman–Crippen LogP) is 3.61. The van der Waals surface area contributed by atoms with Gasteiger partial charge in [0.2, 0.25) is 0 Å². The quantitative estimate of drug-likeness (QED) is 0.727. The summed E-state index contributed by atoms with van der Waals surface area (Å²) in [6.45, 7) is 7.83. The van der Waals surface area contributed by atoms with Gasteiger partial charge in [-0.1, -0.05) is 36.4 Å². The van der Waals surface area contributed by atoms with Gasteiger partial charge in [-0.3, -0.25) is 4.68 Å². The number of hydrogen-bond acceptors (Lipinski definition) is 4. The molecule has 0 atom stereocenters. The molecule has 0 spiro atoms. The molecule has 0 saturated heterocycles. The first kappa shape index (κ1) is 17.6. The van der Waals surface area contributed by atoms with E-state index in [0.29, 0.717) is 13.2 Å². The van der Waals surface area contributed by atoms with Gasteiger partial charge in [-0.15, -0.1) is 0 Å². The number of aryl methyl sites for hydroxylation is 1. The normalized spacial score (nSPS) is 13.0. The van der Waals surface area contributed by atoms with E-state index in [4.69, 9.17) is 14.6 Å². The van der Waals surface area contributed by atoms with E-state index in [1.54, 1.807) is 0 Å². The molecule has 1 aromatic heterocycles. The third-order valence-electron chi connectivity index (χ3n) is 4.94. The Morgan fingerprint density at radius 3 is 2.52 bits per heavy atom. The lowest BCUT2D eigenvalue weighted by Gasteiger charge is -2.19. The summed E-state index contributed by atoms with van der Waals surface area (Å²) >= 11 is 0. The fourth-order valence-electron chi connectivity index (χ4n) is 3.43. The van der Waals surface area contributed by atoms with Crippen molar-refractivity contribution in [2.24, 2.45) is 0 Å². The van der Waals surface area contributed by atoms with Crippen molar-refractivity contribution in [3.63, 3.8) is 0 Å². The maximum atomic E-state index is 5.66. The molecule has 5 heteroatoms. The molecule has 0 amide bonds. The second-order valence-corrected chi connectivity index (χ2v) is 6.87. The Kier molecular flexibility index (Phi) is 5.12. The Morgan fingerprint density at radius 1 is 0.926 bits per heavy atom. The van der Waals surface area contributed by atoms with Gasteiger partial charge in [-0.25, -0.2) is 0 Å². The lowest BCUT2D eigenvalue weighted by molar-refractivity contribution is 0.171. The number of benzene rings is 2. The van der Waals surface area contributed by atoms with Crippen molar-refractivity contribution in [2.75, 3.05) is 13.2 Å². The summed E-state index contributed by atoms with van der Waals surface area (Å²) in [6, 6.07) is 16.6. The van der Waals surface area contributed by atoms with Gasteiger partial charge in [-0.05, 0) is 37.1 Å². The molecule has 0 radical (unpaired) electrons. The minimum absolute atomic E-state index is 0.614. The third-order valence-corrected chi connectivity index (χ3v) is 4.94. The molecule has 27 heavy (non-hydrogen) atoms. The number of fused-ring (bicyclic) bond motifs is 1. The smallest absolute Gasteiger partial charge is 0.161 e. The van der Waals surface area contributed by atoms with Gasteiger partial charge in [0.1, 0.15) is 13.2 Å². The van der Waals surface area contributed by atoms with Gasteiger partial charge in [0.25, 0.3) is 0 Å². The van der Waals surface area contributed by atoms with Crippen molar-refractivity contribution in [3.05, 3.63) is 76.6 Å². The molecule has 140 valence electrons. The second kappa shape index (κ2) is 7.84. The lowest BCUT2D eigenvalue weighted by atomic mass is 10.1. The Hall–Kier alpha value is -2.79. The number of nitrogens with one attached hydrogen (secondary N) is 1. The Balaban J connectivity index is 1.40. The highest BCUT2D eigenvalue weighted by Gasteiger charge is 2.13. The number of nitrogens with zero attached hydrogens (tertiary/aromatic N) is 2. The second-order valence-electron chi connectivity index (χ2n) is 6.87. The first-order chi connectivity index (χ1) is 13.2. The van der Waals surface area contributed by atoms with Crippen molar-refractivity contribution in [1.29, 1.82) is 0 Å². The maximum Gasteiger partial charge on any atom is 0.161 e. The highest BCUT2D eigenvalue weighted by atomic mass is 16.6. The summed E-state index contributed by atoms with van der Waals surface area (Å²) in [5.74, 6) is 1.67. The molecule has 3 aromatic rings. The van der Waals surface area contributed by atoms with Crippen LogP contribution >= 0.6 is 0 Å². The minimum atomic E-state index is 0.614. The molecule has 0 aliphatic carbocycles. The monoisotopic (exact) mass is 363 g/mol. The average molecular weight is 363 g/mol. The summed E-state index contributed by atoms with van der Waals surface area (Å²) in [7, 11) is 0. The van der Waals surface area contributed by atoms with Crippen LogP contribution in [0, 0.1) is 13.8 Å². The van der Waals surface area contributed by atoms with E-state index in [-0.39, 0.29) is 0 Å². The molecule has 1 N–H and O–H groups in total. The van der Waals surface area contributed by atoms with Gasteiger partial charge in [-0.2, -0.15) is 5.10 Å². The standard InChI is InChI=1S/C22H25N3O2/c1-16-20(17(2)25(24-16)15-18-6-4-3-5-7-18)14-23-13-19-8-9-21-22(12-19)27-11-10-26-21/h3-9,12,23H,10-11,13-15H2,1-2H3. The van der Waals surface area contributed by atoms with Crippen LogP contribution in [0.2, 0.25) is 0 Å². The molecule has 0 unspecified atom stereocenters. The zero-order chi connectivity index (χ0) is 18.6. The van der Waals surface area contributed by atoms with Crippen molar-refractivity contribution in [2.45, 2.75) is 33.5 Å². The molecule has 1 aliphatic heterocycles. The number of ether oxygens (including phenoxy) is 2. The largest absolute Gasteiger partial charge is 0.486 e.